The van der Waals surface area contributed by atoms with Gasteiger partial charge in [0.1, 0.15) is 0 Å². The molecule has 1 N–H and O–H groups in total. The van der Waals surface area contributed by atoms with E-state index in [1.807, 2.05) is 44.3 Å². The van der Waals surface area contributed by atoms with E-state index in [0.29, 0.717) is 16.4 Å². The maximum atomic E-state index is 12.8. The van der Waals surface area contributed by atoms with E-state index < -0.39 is 11.7 Å². The molecule has 2 unspecified atom stereocenters. The third kappa shape index (κ3) is 6.07. The molecule has 0 aliphatic rings. The van der Waals surface area contributed by atoms with E-state index in [0.717, 1.165) is 35.4 Å². The maximum Gasteiger partial charge on any atom is 0.417 e. The molecule has 0 amide bonds. The summed E-state index contributed by atoms with van der Waals surface area (Å²) in [6.45, 7) is 7.98. The summed E-state index contributed by atoms with van der Waals surface area (Å²) in [6.07, 6.45) is 0.763. The average molecular weight is 446 g/mol. The zero-order valence-electron chi connectivity index (χ0n) is 17.2. The van der Waals surface area contributed by atoms with E-state index in [9.17, 15) is 13.2 Å². The van der Waals surface area contributed by atoms with E-state index in [4.69, 9.17) is 11.6 Å². The Labute approximate surface area is 185 Å². The van der Waals surface area contributed by atoms with E-state index in [2.05, 4.69) is 27.9 Å². The van der Waals surface area contributed by atoms with Crippen LogP contribution in [0.2, 0.25) is 5.02 Å². The lowest BCUT2D eigenvalue weighted by Crippen LogP contribution is -2.32. The monoisotopic (exact) mass is 445 g/mol. The number of hydrogen-bond acceptors (Lipinski definition) is 3. The van der Waals surface area contributed by atoms with Crippen molar-refractivity contribution in [2.24, 2.45) is 0 Å². The van der Waals surface area contributed by atoms with Gasteiger partial charge in [0.2, 0.25) is 0 Å². The molecular formula is C24H23ClF3N3. The third-order valence-corrected chi connectivity index (χ3v) is 5.35. The summed E-state index contributed by atoms with van der Waals surface area (Å²) in [7, 11) is 0. The van der Waals surface area contributed by atoms with Crippen LogP contribution in [-0.4, -0.2) is 16.0 Å². The highest BCUT2D eigenvalue weighted by Gasteiger charge is 2.30. The number of benzene rings is 1. The lowest BCUT2D eigenvalue weighted by atomic mass is 9.86. The van der Waals surface area contributed by atoms with Gasteiger partial charge in [0.25, 0.3) is 0 Å². The molecule has 0 aliphatic carbocycles. The highest BCUT2D eigenvalue weighted by atomic mass is 35.5. The van der Waals surface area contributed by atoms with Gasteiger partial charge in [0, 0.05) is 35.6 Å². The molecule has 0 aliphatic heterocycles. The fourth-order valence-electron chi connectivity index (χ4n) is 3.43. The largest absolute Gasteiger partial charge is 0.417 e. The van der Waals surface area contributed by atoms with Crippen LogP contribution in [0.4, 0.5) is 13.2 Å². The van der Waals surface area contributed by atoms with E-state index >= 15 is 0 Å². The molecule has 0 spiro atoms. The molecule has 2 atom stereocenters. The molecule has 2 aromatic heterocycles. The molecule has 3 nitrogen and oxygen atoms in total. The minimum absolute atomic E-state index is 0.0415. The summed E-state index contributed by atoms with van der Waals surface area (Å²) in [5.41, 5.74) is 3.26. The number of aromatic nitrogens is 2. The van der Waals surface area contributed by atoms with Gasteiger partial charge in [-0.3, -0.25) is 9.97 Å². The van der Waals surface area contributed by atoms with Gasteiger partial charge in [0.05, 0.1) is 17.0 Å². The van der Waals surface area contributed by atoms with Crippen molar-refractivity contribution in [2.45, 2.75) is 38.4 Å². The zero-order valence-corrected chi connectivity index (χ0v) is 18.0. The Morgan fingerprint density at radius 1 is 1.10 bits per heavy atom. The molecular weight excluding hydrogens is 423 g/mol. The number of alkyl halides is 3. The van der Waals surface area contributed by atoms with Crippen LogP contribution < -0.4 is 5.32 Å². The van der Waals surface area contributed by atoms with Crippen LogP contribution >= 0.6 is 11.6 Å². The molecule has 0 bridgehead atoms. The zero-order chi connectivity index (χ0) is 22.6. The standard InChI is InChI=1S/C24H23ClF3N3/c1-15-10-19(13-29-12-15)22(11-18-4-7-21(25)8-5-18)16(2)31-17(3)23-9-6-20(14-30-23)24(26,27)28/h4-10,12-14,16,22,31H,3,11H2,1-2H3. The minimum Gasteiger partial charge on any atom is -0.381 e. The summed E-state index contributed by atoms with van der Waals surface area (Å²) in [5, 5.41) is 3.98. The van der Waals surface area contributed by atoms with Crippen molar-refractivity contribution in [3.8, 4) is 0 Å². The quantitative estimate of drug-likeness (QED) is 0.455. The predicted molar refractivity (Wildman–Crippen MR) is 118 cm³/mol. The highest BCUT2D eigenvalue weighted by Crippen LogP contribution is 2.30. The van der Waals surface area contributed by atoms with Gasteiger partial charge >= 0.3 is 6.18 Å². The first-order valence-electron chi connectivity index (χ1n) is 9.78. The van der Waals surface area contributed by atoms with Gasteiger partial charge < -0.3 is 5.32 Å². The minimum atomic E-state index is -4.42. The SMILES string of the molecule is C=C(NC(C)C(Cc1ccc(Cl)cc1)c1cncc(C)c1)c1ccc(C(F)(F)F)cn1. The Morgan fingerprint density at radius 3 is 2.39 bits per heavy atom. The molecule has 7 heteroatoms. The van der Waals surface area contributed by atoms with Crippen molar-refractivity contribution >= 4 is 17.3 Å². The Balaban J connectivity index is 1.81. The first kappa shape index (κ1) is 22.8. The lowest BCUT2D eigenvalue weighted by molar-refractivity contribution is -0.137. The third-order valence-electron chi connectivity index (χ3n) is 5.10. The summed E-state index contributed by atoms with van der Waals surface area (Å²) < 4.78 is 38.4. The fraction of sp³-hybridized carbons (Fsp3) is 0.250. The van der Waals surface area contributed by atoms with Crippen LogP contribution in [0.5, 0.6) is 0 Å². The topological polar surface area (TPSA) is 37.8 Å². The van der Waals surface area contributed by atoms with Gasteiger partial charge in [-0.1, -0.05) is 36.4 Å². The number of pyridine rings is 2. The second kappa shape index (κ2) is 9.52. The number of aryl methyl sites for hydroxylation is 1. The summed E-state index contributed by atoms with van der Waals surface area (Å²) in [4.78, 5) is 8.25. The van der Waals surface area contributed by atoms with Crippen molar-refractivity contribution in [2.75, 3.05) is 0 Å². The smallest absolute Gasteiger partial charge is 0.381 e. The van der Waals surface area contributed by atoms with Crippen molar-refractivity contribution in [3.05, 3.63) is 101 Å². The van der Waals surface area contributed by atoms with Crippen LogP contribution in [0.3, 0.4) is 0 Å². The van der Waals surface area contributed by atoms with Gasteiger partial charge in [-0.15, -0.1) is 0 Å². The second-order valence-electron chi connectivity index (χ2n) is 7.57. The molecule has 3 rings (SSSR count). The Bertz CT molecular complexity index is 1030. The van der Waals surface area contributed by atoms with Gasteiger partial charge in [0.15, 0.2) is 0 Å². The number of rotatable bonds is 7. The molecule has 0 fully saturated rings. The van der Waals surface area contributed by atoms with Crippen LogP contribution in [0.1, 0.15) is 40.8 Å². The molecule has 162 valence electrons. The van der Waals surface area contributed by atoms with Crippen LogP contribution in [0, 0.1) is 6.92 Å². The molecule has 1 aromatic carbocycles. The van der Waals surface area contributed by atoms with Crippen molar-refractivity contribution in [1.82, 2.24) is 15.3 Å². The molecule has 3 aromatic rings. The van der Waals surface area contributed by atoms with E-state index in [1.54, 1.807) is 6.20 Å². The predicted octanol–water partition coefficient (Wildman–Crippen LogP) is 6.43. The Kier molecular flexibility index (Phi) is 7.01. The number of hydrogen-bond donors (Lipinski definition) is 1. The Hall–Kier alpha value is -2.86. The summed E-state index contributed by atoms with van der Waals surface area (Å²) in [6, 6.07) is 12.0. The first-order valence-corrected chi connectivity index (χ1v) is 10.2. The van der Waals surface area contributed by atoms with Gasteiger partial charge in [-0.25, -0.2) is 0 Å². The van der Waals surface area contributed by atoms with Crippen molar-refractivity contribution in [1.29, 1.82) is 0 Å². The molecule has 0 saturated heterocycles. The number of halogens is 4. The van der Waals surface area contributed by atoms with Gasteiger partial charge in [-0.05, 0) is 61.2 Å². The maximum absolute atomic E-state index is 12.8. The second-order valence-corrected chi connectivity index (χ2v) is 8.01. The molecule has 0 saturated carbocycles. The molecule has 31 heavy (non-hydrogen) atoms. The molecule has 2 heterocycles. The Morgan fingerprint density at radius 2 is 1.81 bits per heavy atom. The van der Waals surface area contributed by atoms with Crippen molar-refractivity contribution in [3.63, 3.8) is 0 Å². The van der Waals surface area contributed by atoms with Crippen LogP contribution in [0.25, 0.3) is 5.70 Å². The van der Waals surface area contributed by atoms with Crippen molar-refractivity contribution < 1.29 is 13.2 Å². The van der Waals surface area contributed by atoms with Crippen LogP contribution in [-0.2, 0) is 12.6 Å². The number of nitrogens with zero attached hydrogens (tertiary/aromatic N) is 2. The van der Waals surface area contributed by atoms with Gasteiger partial charge in [-0.2, -0.15) is 13.2 Å². The first-order chi connectivity index (χ1) is 14.6. The van der Waals surface area contributed by atoms with E-state index in [1.165, 1.54) is 6.07 Å². The van der Waals surface area contributed by atoms with E-state index in [-0.39, 0.29) is 12.0 Å². The number of nitrogens with one attached hydrogen (secondary N) is 1. The lowest BCUT2D eigenvalue weighted by Gasteiger charge is -2.27. The average Bonchev–Trinajstić information content (AvgIpc) is 2.72. The summed E-state index contributed by atoms with van der Waals surface area (Å²) in [5.74, 6) is 0.0415. The van der Waals surface area contributed by atoms with Crippen LogP contribution in [0.15, 0.2) is 67.6 Å². The normalized spacial score (nSPS) is 13.5. The summed E-state index contributed by atoms with van der Waals surface area (Å²) >= 11 is 6.01. The molecule has 0 radical (unpaired) electrons. The fourth-order valence-corrected chi connectivity index (χ4v) is 3.55. The highest BCUT2D eigenvalue weighted by molar-refractivity contribution is 6.30.